The van der Waals surface area contributed by atoms with Crippen molar-refractivity contribution in [2.75, 3.05) is 5.73 Å². The van der Waals surface area contributed by atoms with Gasteiger partial charge in [-0.1, -0.05) is 37.3 Å². The molecular weight excluding hydrogens is 258 g/mol. The lowest BCUT2D eigenvalue weighted by atomic mass is 10.1. The van der Waals surface area contributed by atoms with Crippen LogP contribution in [0.1, 0.15) is 31.3 Å². The Bertz CT molecular complexity index is 744. The minimum Gasteiger partial charge on any atom is -0.399 e. The highest BCUT2D eigenvalue weighted by atomic mass is 15.1. The van der Waals surface area contributed by atoms with Gasteiger partial charge in [0.05, 0.1) is 11.0 Å². The molecule has 3 nitrogen and oxygen atoms in total. The molecule has 0 aliphatic heterocycles. The number of fused-ring (bicyclic) bond motifs is 1. The van der Waals surface area contributed by atoms with Crippen LogP contribution >= 0.6 is 0 Å². The summed E-state index contributed by atoms with van der Waals surface area (Å²) in [5.41, 5.74) is 10.2. The largest absolute Gasteiger partial charge is 0.399 e. The smallest absolute Gasteiger partial charge is 0.109 e. The monoisotopic (exact) mass is 279 g/mol. The lowest BCUT2D eigenvalue weighted by molar-refractivity contribution is 0.537. The van der Waals surface area contributed by atoms with Gasteiger partial charge in [0.1, 0.15) is 5.82 Å². The third-order valence-corrected chi connectivity index (χ3v) is 3.92. The first-order valence-corrected chi connectivity index (χ1v) is 7.49. The Morgan fingerprint density at radius 3 is 2.62 bits per heavy atom. The summed E-state index contributed by atoms with van der Waals surface area (Å²) in [6.45, 7) is 4.40. The Morgan fingerprint density at radius 2 is 1.90 bits per heavy atom. The van der Waals surface area contributed by atoms with E-state index in [-0.39, 0.29) is 0 Å². The Labute approximate surface area is 125 Å². The van der Waals surface area contributed by atoms with Gasteiger partial charge in [-0.05, 0) is 37.1 Å². The second kappa shape index (κ2) is 5.60. The highest BCUT2D eigenvalue weighted by Crippen LogP contribution is 2.25. The molecule has 0 aliphatic rings. The SMILES string of the molecule is CCc1nc2cc(N)ccc2n1C(C)Cc1ccccc1. The van der Waals surface area contributed by atoms with Crippen LogP contribution in [0.5, 0.6) is 0 Å². The number of aromatic nitrogens is 2. The average molecular weight is 279 g/mol. The van der Waals surface area contributed by atoms with Crippen molar-refractivity contribution < 1.29 is 0 Å². The molecule has 3 rings (SSSR count). The lowest BCUT2D eigenvalue weighted by Crippen LogP contribution is -2.11. The van der Waals surface area contributed by atoms with E-state index < -0.39 is 0 Å². The average Bonchev–Trinajstić information content (AvgIpc) is 2.85. The van der Waals surface area contributed by atoms with Crippen LogP contribution in [0.4, 0.5) is 5.69 Å². The Hall–Kier alpha value is -2.29. The standard InChI is InChI=1S/C18H21N3/c1-3-18-20-16-12-15(19)9-10-17(16)21(18)13(2)11-14-7-5-4-6-8-14/h4-10,12-13H,3,11,19H2,1-2H3. The van der Waals surface area contributed by atoms with E-state index >= 15 is 0 Å². The number of aryl methyl sites for hydroxylation is 1. The van der Waals surface area contributed by atoms with Crippen molar-refractivity contribution in [3.8, 4) is 0 Å². The van der Waals surface area contributed by atoms with Crippen LogP contribution in [0.2, 0.25) is 0 Å². The summed E-state index contributed by atoms with van der Waals surface area (Å²) in [4.78, 5) is 4.74. The number of nitrogen functional groups attached to an aromatic ring is 1. The highest BCUT2D eigenvalue weighted by molar-refractivity contribution is 5.79. The third-order valence-electron chi connectivity index (χ3n) is 3.92. The Kier molecular flexibility index (Phi) is 3.65. The second-order valence-electron chi connectivity index (χ2n) is 5.54. The van der Waals surface area contributed by atoms with Crippen LogP contribution in [-0.2, 0) is 12.8 Å². The number of imidazole rings is 1. The summed E-state index contributed by atoms with van der Waals surface area (Å²) >= 11 is 0. The molecule has 0 amide bonds. The van der Waals surface area contributed by atoms with E-state index in [0.717, 1.165) is 29.9 Å². The number of rotatable bonds is 4. The van der Waals surface area contributed by atoms with E-state index in [1.165, 1.54) is 11.1 Å². The van der Waals surface area contributed by atoms with E-state index in [2.05, 4.69) is 54.8 Å². The lowest BCUT2D eigenvalue weighted by Gasteiger charge is -2.17. The first kappa shape index (κ1) is 13.7. The molecule has 21 heavy (non-hydrogen) atoms. The van der Waals surface area contributed by atoms with Crippen molar-refractivity contribution in [1.29, 1.82) is 0 Å². The molecule has 0 saturated carbocycles. The van der Waals surface area contributed by atoms with Gasteiger partial charge in [0, 0.05) is 18.2 Å². The van der Waals surface area contributed by atoms with E-state index in [0.29, 0.717) is 6.04 Å². The van der Waals surface area contributed by atoms with E-state index in [1.54, 1.807) is 0 Å². The van der Waals surface area contributed by atoms with Crippen LogP contribution in [0.25, 0.3) is 11.0 Å². The maximum Gasteiger partial charge on any atom is 0.109 e. The maximum absolute atomic E-state index is 5.88. The zero-order valence-corrected chi connectivity index (χ0v) is 12.6. The van der Waals surface area contributed by atoms with Crippen LogP contribution in [0, 0.1) is 0 Å². The molecule has 0 spiro atoms. The van der Waals surface area contributed by atoms with Crippen molar-refractivity contribution in [2.24, 2.45) is 0 Å². The van der Waals surface area contributed by atoms with Crippen molar-refractivity contribution in [1.82, 2.24) is 9.55 Å². The van der Waals surface area contributed by atoms with Gasteiger partial charge in [-0.2, -0.15) is 0 Å². The highest BCUT2D eigenvalue weighted by Gasteiger charge is 2.15. The molecule has 2 N–H and O–H groups in total. The first-order chi connectivity index (χ1) is 10.2. The minimum absolute atomic E-state index is 0.371. The molecule has 3 heteroatoms. The van der Waals surface area contributed by atoms with Crippen LogP contribution in [0.15, 0.2) is 48.5 Å². The normalized spacial score (nSPS) is 12.7. The minimum atomic E-state index is 0.371. The molecule has 1 atom stereocenters. The summed E-state index contributed by atoms with van der Waals surface area (Å²) < 4.78 is 2.35. The molecule has 2 aromatic carbocycles. The van der Waals surface area contributed by atoms with Crippen LogP contribution < -0.4 is 5.73 Å². The van der Waals surface area contributed by atoms with Gasteiger partial charge < -0.3 is 10.3 Å². The number of hydrogen-bond donors (Lipinski definition) is 1. The molecule has 1 heterocycles. The summed E-state index contributed by atoms with van der Waals surface area (Å²) in [6, 6.07) is 17.0. The molecule has 1 aromatic heterocycles. The fourth-order valence-corrected chi connectivity index (χ4v) is 2.95. The number of nitrogens with two attached hydrogens (primary N) is 1. The molecule has 0 radical (unpaired) electrons. The van der Waals surface area contributed by atoms with Crippen LogP contribution in [0.3, 0.4) is 0 Å². The van der Waals surface area contributed by atoms with E-state index in [4.69, 9.17) is 10.7 Å². The van der Waals surface area contributed by atoms with Gasteiger partial charge in [0.2, 0.25) is 0 Å². The molecular formula is C18H21N3. The number of nitrogens with zero attached hydrogens (tertiary/aromatic N) is 2. The van der Waals surface area contributed by atoms with Gasteiger partial charge in [-0.3, -0.25) is 0 Å². The van der Waals surface area contributed by atoms with Gasteiger partial charge in [0.25, 0.3) is 0 Å². The molecule has 108 valence electrons. The predicted molar refractivity (Wildman–Crippen MR) is 88.4 cm³/mol. The summed E-state index contributed by atoms with van der Waals surface area (Å²) in [7, 11) is 0. The summed E-state index contributed by atoms with van der Waals surface area (Å²) in [5, 5.41) is 0. The molecule has 3 aromatic rings. The van der Waals surface area contributed by atoms with Gasteiger partial charge >= 0.3 is 0 Å². The molecule has 0 fully saturated rings. The number of hydrogen-bond acceptors (Lipinski definition) is 2. The fraction of sp³-hybridized carbons (Fsp3) is 0.278. The predicted octanol–water partition coefficient (Wildman–Crippen LogP) is 3.98. The molecule has 0 saturated heterocycles. The quantitative estimate of drug-likeness (QED) is 0.734. The van der Waals surface area contributed by atoms with Gasteiger partial charge in [-0.25, -0.2) is 4.98 Å². The Morgan fingerprint density at radius 1 is 1.14 bits per heavy atom. The van der Waals surface area contributed by atoms with Gasteiger partial charge in [-0.15, -0.1) is 0 Å². The number of benzene rings is 2. The van der Waals surface area contributed by atoms with Crippen molar-refractivity contribution >= 4 is 16.7 Å². The van der Waals surface area contributed by atoms with Crippen molar-refractivity contribution in [3.05, 3.63) is 59.9 Å². The summed E-state index contributed by atoms with van der Waals surface area (Å²) in [5.74, 6) is 1.12. The van der Waals surface area contributed by atoms with E-state index in [1.807, 2.05) is 12.1 Å². The molecule has 1 unspecified atom stereocenters. The second-order valence-corrected chi connectivity index (χ2v) is 5.54. The van der Waals surface area contributed by atoms with E-state index in [9.17, 15) is 0 Å². The topological polar surface area (TPSA) is 43.8 Å². The zero-order chi connectivity index (χ0) is 14.8. The zero-order valence-electron chi connectivity index (χ0n) is 12.6. The molecule has 0 aliphatic carbocycles. The van der Waals surface area contributed by atoms with Crippen molar-refractivity contribution in [2.45, 2.75) is 32.7 Å². The first-order valence-electron chi connectivity index (χ1n) is 7.49. The van der Waals surface area contributed by atoms with Gasteiger partial charge in [0.15, 0.2) is 0 Å². The third kappa shape index (κ3) is 2.64. The maximum atomic E-state index is 5.88. The number of anilines is 1. The molecule has 0 bridgehead atoms. The van der Waals surface area contributed by atoms with Crippen molar-refractivity contribution in [3.63, 3.8) is 0 Å². The fourth-order valence-electron chi connectivity index (χ4n) is 2.95. The summed E-state index contributed by atoms with van der Waals surface area (Å²) in [6.07, 6.45) is 1.93. The Balaban J connectivity index is 2.02. The van der Waals surface area contributed by atoms with Crippen LogP contribution in [-0.4, -0.2) is 9.55 Å².